The number of hydrogen-bond donors (Lipinski definition) is 5. The van der Waals surface area contributed by atoms with Crippen molar-refractivity contribution < 1.29 is 35.1 Å². The highest BCUT2D eigenvalue weighted by Gasteiger charge is 2.46. The average Bonchev–Trinajstić information content (AvgIpc) is 2.92. The van der Waals surface area contributed by atoms with E-state index >= 15 is 0 Å². The van der Waals surface area contributed by atoms with Gasteiger partial charge in [-0.2, -0.15) is 0 Å². The zero-order valence-corrected chi connectivity index (χ0v) is 24.1. The molecule has 1 aliphatic carbocycles. The fourth-order valence-corrected chi connectivity index (χ4v) is 5.70. The molecule has 0 radical (unpaired) electrons. The molecular weight excluding hydrogens is 508 g/mol. The lowest BCUT2D eigenvalue weighted by molar-refractivity contribution is -0.182. The van der Waals surface area contributed by atoms with Gasteiger partial charge in [-0.1, -0.05) is 103 Å². The minimum atomic E-state index is -2.19. The summed E-state index contributed by atoms with van der Waals surface area (Å²) in [4.78, 5) is 13.2. The SMILES string of the molecule is CCCCCCCCCCCCCCCCCCOC1(O)c2cc(O)cc(O)c2C(=O)c2c(O)cc(CO)cc21. The van der Waals surface area contributed by atoms with Crippen LogP contribution in [0, 0.1) is 0 Å². The Morgan fingerprint density at radius 2 is 1.10 bits per heavy atom. The van der Waals surface area contributed by atoms with Gasteiger partial charge in [0.15, 0.2) is 0 Å². The number of aliphatic hydroxyl groups excluding tert-OH is 1. The molecule has 0 aromatic heterocycles. The summed E-state index contributed by atoms with van der Waals surface area (Å²) >= 11 is 0. The Balaban J connectivity index is 1.44. The Morgan fingerprint density at radius 3 is 1.60 bits per heavy atom. The van der Waals surface area contributed by atoms with E-state index in [-0.39, 0.29) is 34.6 Å². The van der Waals surface area contributed by atoms with E-state index in [0.29, 0.717) is 12.0 Å². The molecule has 1 unspecified atom stereocenters. The predicted octanol–water partition coefficient (Wildman–Crippen LogP) is 7.31. The van der Waals surface area contributed by atoms with E-state index in [2.05, 4.69) is 6.92 Å². The van der Waals surface area contributed by atoms with Gasteiger partial charge in [0.25, 0.3) is 0 Å². The summed E-state index contributed by atoms with van der Waals surface area (Å²) in [5.41, 5.74) is -0.239. The first kappa shape index (κ1) is 31.9. The first-order valence-electron chi connectivity index (χ1n) is 15.3. The monoisotopic (exact) mass is 556 g/mol. The number of aliphatic hydroxyl groups is 2. The minimum absolute atomic E-state index is 0.0180. The van der Waals surface area contributed by atoms with Crippen molar-refractivity contribution in [3.8, 4) is 17.2 Å². The van der Waals surface area contributed by atoms with Crippen molar-refractivity contribution in [2.24, 2.45) is 0 Å². The smallest absolute Gasteiger partial charge is 0.221 e. The van der Waals surface area contributed by atoms with Crippen molar-refractivity contribution in [2.45, 2.75) is 122 Å². The fourth-order valence-electron chi connectivity index (χ4n) is 5.70. The number of benzene rings is 2. The van der Waals surface area contributed by atoms with E-state index in [1.165, 1.54) is 95.2 Å². The molecule has 0 spiro atoms. The highest BCUT2D eigenvalue weighted by atomic mass is 16.6. The zero-order chi connectivity index (χ0) is 29.0. The molecule has 40 heavy (non-hydrogen) atoms. The molecule has 0 saturated carbocycles. The molecule has 0 saturated heterocycles. The maximum Gasteiger partial charge on any atom is 0.221 e. The van der Waals surface area contributed by atoms with Gasteiger partial charge >= 0.3 is 0 Å². The molecule has 1 atom stereocenters. The van der Waals surface area contributed by atoms with Crippen LogP contribution in [0.2, 0.25) is 0 Å². The highest BCUT2D eigenvalue weighted by Crippen LogP contribution is 2.48. The first-order chi connectivity index (χ1) is 19.3. The van der Waals surface area contributed by atoms with Crippen LogP contribution in [0.25, 0.3) is 0 Å². The first-order valence-corrected chi connectivity index (χ1v) is 15.3. The molecule has 2 aromatic rings. The third kappa shape index (κ3) is 8.21. The van der Waals surface area contributed by atoms with Crippen molar-refractivity contribution in [1.29, 1.82) is 0 Å². The number of carbonyl (C=O) groups excluding carboxylic acids is 1. The summed E-state index contributed by atoms with van der Waals surface area (Å²) in [6, 6.07) is 4.85. The van der Waals surface area contributed by atoms with Crippen LogP contribution < -0.4 is 0 Å². The van der Waals surface area contributed by atoms with Crippen molar-refractivity contribution >= 4 is 5.78 Å². The number of phenolic OH excluding ortho intramolecular Hbond substituents is 3. The molecule has 222 valence electrons. The van der Waals surface area contributed by atoms with Gasteiger partial charge < -0.3 is 30.3 Å². The van der Waals surface area contributed by atoms with E-state index in [1.54, 1.807) is 0 Å². The lowest BCUT2D eigenvalue weighted by Crippen LogP contribution is -2.38. The summed E-state index contributed by atoms with van der Waals surface area (Å²) in [5, 5.41) is 52.4. The quantitative estimate of drug-likeness (QED) is 0.0906. The molecule has 1 aliphatic rings. The summed E-state index contributed by atoms with van der Waals surface area (Å²) in [7, 11) is 0. The average molecular weight is 557 g/mol. The molecule has 0 aliphatic heterocycles. The Bertz CT molecular complexity index is 1100. The number of carbonyl (C=O) groups is 1. The maximum atomic E-state index is 13.2. The van der Waals surface area contributed by atoms with Crippen LogP contribution in [0.4, 0.5) is 0 Å². The Hall–Kier alpha value is -2.61. The normalized spacial score (nSPS) is 16.2. The molecule has 0 heterocycles. The number of fused-ring (bicyclic) bond motifs is 2. The second-order valence-electron chi connectivity index (χ2n) is 11.2. The van der Waals surface area contributed by atoms with Crippen LogP contribution in [-0.2, 0) is 17.1 Å². The highest BCUT2D eigenvalue weighted by molar-refractivity contribution is 6.16. The molecule has 3 rings (SSSR count). The zero-order valence-electron chi connectivity index (χ0n) is 24.1. The van der Waals surface area contributed by atoms with Gasteiger partial charge in [-0.3, -0.25) is 4.79 Å². The Morgan fingerprint density at radius 1 is 0.650 bits per heavy atom. The number of ether oxygens (including phenoxy) is 1. The van der Waals surface area contributed by atoms with Crippen LogP contribution in [0.15, 0.2) is 24.3 Å². The number of phenols is 3. The molecular formula is C33H48O7. The van der Waals surface area contributed by atoms with Crippen LogP contribution in [0.3, 0.4) is 0 Å². The number of unbranched alkanes of at least 4 members (excludes halogenated alkanes) is 15. The van der Waals surface area contributed by atoms with E-state index < -0.39 is 29.7 Å². The van der Waals surface area contributed by atoms with Gasteiger partial charge in [-0.05, 0) is 30.2 Å². The summed E-state index contributed by atoms with van der Waals surface area (Å²) in [6.07, 6.45) is 19.8. The molecule has 5 N–H and O–H groups in total. The second-order valence-corrected chi connectivity index (χ2v) is 11.2. The molecule has 7 nitrogen and oxygen atoms in total. The Labute approximate surface area is 238 Å². The third-order valence-corrected chi connectivity index (χ3v) is 7.96. The molecule has 7 heteroatoms. The van der Waals surface area contributed by atoms with Gasteiger partial charge in [0.05, 0.1) is 24.3 Å². The topological polar surface area (TPSA) is 127 Å². The second kappa shape index (κ2) is 16.0. The van der Waals surface area contributed by atoms with Crippen LogP contribution in [0.1, 0.15) is 142 Å². The maximum absolute atomic E-state index is 13.2. The Kier molecular flexibility index (Phi) is 12.8. The van der Waals surface area contributed by atoms with Crippen LogP contribution in [0.5, 0.6) is 17.2 Å². The largest absolute Gasteiger partial charge is 0.508 e. The van der Waals surface area contributed by atoms with Crippen LogP contribution >= 0.6 is 0 Å². The van der Waals surface area contributed by atoms with Crippen molar-refractivity contribution in [3.63, 3.8) is 0 Å². The van der Waals surface area contributed by atoms with E-state index in [9.17, 15) is 30.3 Å². The minimum Gasteiger partial charge on any atom is -0.508 e. The van der Waals surface area contributed by atoms with Gasteiger partial charge in [0.1, 0.15) is 17.2 Å². The number of aromatic hydroxyl groups is 3. The van der Waals surface area contributed by atoms with Gasteiger partial charge in [-0.25, -0.2) is 0 Å². The molecule has 2 aromatic carbocycles. The van der Waals surface area contributed by atoms with Crippen molar-refractivity contribution in [3.05, 3.63) is 52.1 Å². The number of ketones is 1. The molecule has 0 amide bonds. The van der Waals surface area contributed by atoms with Crippen molar-refractivity contribution in [1.82, 2.24) is 0 Å². The van der Waals surface area contributed by atoms with Gasteiger partial charge in [-0.15, -0.1) is 0 Å². The number of rotatable bonds is 19. The van der Waals surface area contributed by atoms with E-state index in [0.717, 1.165) is 25.3 Å². The van der Waals surface area contributed by atoms with E-state index in [4.69, 9.17) is 4.74 Å². The molecule has 0 bridgehead atoms. The van der Waals surface area contributed by atoms with Gasteiger partial charge in [0, 0.05) is 17.2 Å². The predicted molar refractivity (Wildman–Crippen MR) is 156 cm³/mol. The summed E-state index contributed by atoms with van der Waals surface area (Å²) in [6.45, 7) is 2.01. The standard InChI is InChI=1S/C33H48O7/c1-2-3-4-5-6-7-8-9-10-11-12-13-14-15-16-17-18-40-33(39)26-19-24(23-34)20-28(36)30(26)32(38)31-27(33)21-25(35)22-29(31)37/h19-22,34-37,39H,2-18,23H2,1H3. The number of hydrogen-bond acceptors (Lipinski definition) is 7. The van der Waals surface area contributed by atoms with Crippen LogP contribution in [-0.4, -0.2) is 37.9 Å². The summed E-state index contributed by atoms with van der Waals surface area (Å²) < 4.78 is 5.94. The lowest BCUT2D eigenvalue weighted by Gasteiger charge is -2.36. The molecule has 0 fully saturated rings. The fraction of sp³-hybridized carbons (Fsp3) is 0.606. The van der Waals surface area contributed by atoms with Crippen molar-refractivity contribution in [2.75, 3.05) is 6.61 Å². The third-order valence-electron chi connectivity index (χ3n) is 7.96. The van der Waals surface area contributed by atoms with E-state index in [1.807, 2.05) is 0 Å². The summed E-state index contributed by atoms with van der Waals surface area (Å²) in [5.74, 6) is -4.15. The van der Waals surface area contributed by atoms with Gasteiger partial charge in [0.2, 0.25) is 11.6 Å². The lowest BCUT2D eigenvalue weighted by atomic mass is 9.78.